The first-order valence-electron chi connectivity index (χ1n) is 10.7. The summed E-state index contributed by atoms with van der Waals surface area (Å²) in [6.07, 6.45) is 4.07. The van der Waals surface area contributed by atoms with Crippen LogP contribution in [-0.4, -0.2) is 49.1 Å². The van der Waals surface area contributed by atoms with Gasteiger partial charge in [0.15, 0.2) is 0 Å². The Bertz CT molecular complexity index is 835. The van der Waals surface area contributed by atoms with Gasteiger partial charge in [-0.05, 0) is 60.6 Å². The smallest absolute Gasteiger partial charge is 0.0471 e. The first-order valence-corrected chi connectivity index (χ1v) is 10.7. The number of benzene rings is 2. The van der Waals surface area contributed by atoms with Crippen LogP contribution >= 0.6 is 0 Å². The van der Waals surface area contributed by atoms with Gasteiger partial charge in [0.2, 0.25) is 0 Å². The number of anilines is 2. The molecule has 0 radical (unpaired) electrons. The maximum atomic E-state index is 9.38. The molecule has 3 heterocycles. The summed E-state index contributed by atoms with van der Waals surface area (Å²) >= 11 is 0. The highest BCUT2D eigenvalue weighted by Crippen LogP contribution is 2.50. The predicted octanol–water partition coefficient (Wildman–Crippen LogP) is 2.96. The molecule has 0 bridgehead atoms. The standard InChI is InChI=1S/C24H30N2O2/c27-12-9-17-3-6-19(7-4-17)25-15-21-20-14-18(10-13-28)5-8-24(20)26-11-1-2-23(26)22(21)16-25/h3-8,14,21-23,27-28H,1-2,9-13,15-16H2/t21-,22-,23+/m1/s1. The summed E-state index contributed by atoms with van der Waals surface area (Å²) < 4.78 is 0. The summed E-state index contributed by atoms with van der Waals surface area (Å²) in [6.45, 7) is 3.79. The van der Waals surface area contributed by atoms with Gasteiger partial charge in [0.25, 0.3) is 0 Å². The Labute approximate surface area is 167 Å². The molecule has 0 aliphatic carbocycles. The van der Waals surface area contributed by atoms with Crippen LogP contribution < -0.4 is 9.80 Å². The van der Waals surface area contributed by atoms with Crippen LogP contribution in [-0.2, 0) is 12.8 Å². The first-order chi connectivity index (χ1) is 13.8. The lowest BCUT2D eigenvalue weighted by Gasteiger charge is -2.41. The molecule has 148 valence electrons. The Balaban J connectivity index is 1.46. The lowest BCUT2D eigenvalue weighted by molar-refractivity contribution is 0.299. The molecule has 2 fully saturated rings. The van der Waals surface area contributed by atoms with Crippen molar-refractivity contribution in [2.45, 2.75) is 37.6 Å². The number of hydrogen-bond acceptors (Lipinski definition) is 4. The van der Waals surface area contributed by atoms with Gasteiger partial charge >= 0.3 is 0 Å². The quantitative estimate of drug-likeness (QED) is 0.840. The van der Waals surface area contributed by atoms with Crippen molar-refractivity contribution in [1.29, 1.82) is 0 Å². The van der Waals surface area contributed by atoms with Crippen LogP contribution in [0.2, 0.25) is 0 Å². The largest absolute Gasteiger partial charge is 0.396 e. The van der Waals surface area contributed by atoms with Crippen LogP contribution in [0.15, 0.2) is 42.5 Å². The summed E-state index contributed by atoms with van der Waals surface area (Å²) in [5, 5.41) is 18.5. The fourth-order valence-electron chi connectivity index (χ4n) is 5.75. The van der Waals surface area contributed by atoms with Crippen molar-refractivity contribution < 1.29 is 10.2 Å². The van der Waals surface area contributed by atoms with Crippen LogP contribution in [0.5, 0.6) is 0 Å². The third kappa shape index (κ3) is 2.99. The Kier molecular flexibility index (Phi) is 4.77. The SMILES string of the molecule is OCCc1ccc(N2C[C@@H]3[C@H](C2)c2cc(CCO)ccc2N2CCC[C@@H]32)cc1. The van der Waals surface area contributed by atoms with Gasteiger partial charge in [-0.15, -0.1) is 0 Å². The van der Waals surface area contributed by atoms with Crippen LogP contribution in [0.25, 0.3) is 0 Å². The fraction of sp³-hybridized carbons (Fsp3) is 0.500. The highest BCUT2D eigenvalue weighted by molar-refractivity contribution is 5.63. The second-order valence-electron chi connectivity index (χ2n) is 8.59. The van der Waals surface area contributed by atoms with E-state index in [-0.39, 0.29) is 13.2 Å². The van der Waals surface area contributed by atoms with Crippen LogP contribution in [0, 0.1) is 5.92 Å². The van der Waals surface area contributed by atoms with Crippen LogP contribution in [0.3, 0.4) is 0 Å². The normalized spacial score (nSPS) is 25.6. The molecule has 0 aromatic heterocycles. The van der Waals surface area contributed by atoms with Crippen molar-refractivity contribution in [3.8, 4) is 0 Å². The van der Waals surface area contributed by atoms with Gasteiger partial charge in [-0.2, -0.15) is 0 Å². The molecule has 3 aliphatic rings. The maximum Gasteiger partial charge on any atom is 0.0471 e. The highest BCUT2D eigenvalue weighted by Gasteiger charge is 2.47. The van der Waals surface area contributed by atoms with E-state index in [2.05, 4.69) is 52.3 Å². The van der Waals surface area contributed by atoms with E-state index in [4.69, 9.17) is 5.11 Å². The minimum Gasteiger partial charge on any atom is -0.396 e. The monoisotopic (exact) mass is 378 g/mol. The van der Waals surface area contributed by atoms with Crippen molar-refractivity contribution in [2.24, 2.45) is 5.92 Å². The molecule has 0 saturated carbocycles. The highest BCUT2D eigenvalue weighted by atomic mass is 16.3. The topological polar surface area (TPSA) is 46.9 Å². The molecule has 0 unspecified atom stereocenters. The van der Waals surface area contributed by atoms with Crippen molar-refractivity contribution in [3.63, 3.8) is 0 Å². The number of fused-ring (bicyclic) bond motifs is 6. The Morgan fingerprint density at radius 1 is 0.893 bits per heavy atom. The Hall–Kier alpha value is -2.04. The van der Waals surface area contributed by atoms with E-state index in [0.29, 0.717) is 17.9 Å². The zero-order valence-corrected chi connectivity index (χ0v) is 16.4. The van der Waals surface area contributed by atoms with Crippen molar-refractivity contribution in [2.75, 3.05) is 42.6 Å². The number of nitrogens with zero attached hydrogens (tertiary/aromatic N) is 2. The van der Waals surface area contributed by atoms with Gasteiger partial charge in [0.1, 0.15) is 0 Å². The third-order valence-electron chi connectivity index (χ3n) is 7.06. The van der Waals surface area contributed by atoms with E-state index in [1.807, 2.05) is 0 Å². The zero-order chi connectivity index (χ0) is 19.1. The lowest BCUT2D eigenvalue weighted by Crippen LogP contribution is -2.43. The average Bonchev–Trinajstić information content (AvgIpc) is 3.36. The van der Waals surface area contributed by atoms with Crippen molar-refractivity contribution >= 4 is 11.4 Å². The van der Waals surface area contributed by atoms with E-state index < -0.39 is 0 Å². The van der Waals surface area contributed by atoms with Crippen molar-refractivity contribution in [1.82, 2.24) is 0 Å². The van der Waals surface area contributed by atoms with Crippen LogP contribution in [0.1, 0.15) is 35.4 Å². The van der Waals surface area contributed by atoms with E-state index in [9.17, 15) is 5.11 Å². The minimum atomic E-state index is 0.206. The summed E-state index contributed by atoms with van der Waals surface area (Å²) in [7, 11) is 0. The molecule has 3 atom stereocenters. The van der Waals surface area contributed by atoms with E-state index in [1.54, 1.807) is 0 Å². The summed E-state index contributed by atoms with van der Waals surface area (Å²) in [5.41, 5.74) is 6.68. The van der Waals surface area contributed by atoms with Gasteiger partial charge in [0, 0.05) is 62.1 Å². The average molecular weight is 379 g/mol. The molecule has 3 aliphatic heterocycles. The number of hydrogen-bond donors (Lipinski definition) is 2. The number of rotatable bonds is 5. The number of aliphatic hydroxyl groups excluding tert-OH is 2. The fourth-order valence-corrected chi connectivity index (χ4v) is 5.75. The molecule has 4 nitrogen and oxygen atoms in total. The Morgan fingerprint density at radius 2 is 1.64 bits per heavy atom. The molecule has 2 aromatic rings. The van der Waals surface area contributed by atoms with Gasteiger partial charge in [0.05, 0.1) is 0 Å². The summed E-state index contributed by atoms with van der Waals surface area (Å²) in [5.74, 6) is 1.25. The molecule has 2 N–H and O–H groups in total. The van der Waals surface area contributed by atoms with E-state index in [0.717, 1.165) is 25.9 Å². The molecular formula is C24H30N2O2. The summed E-state index contributed by atoms with van der Waals surface area (Å²) in [6, 6.07) is 16.3. The van der Waals surface area contributed by atoms with E-state index >= 15 is 0 Å². The minimum absolute atomic E-state index is 0.206. The number of aliphatic hydroxyl groups is 2. The second-order valence-corrected chi connectivity index (χ2v) is 8.59. The van der Waals surface area contributed by atoms with Crippen molar-refractivity contribution in [3.05, 3.63) is 59.2 Å². The molecule has 0 amide bonds. The first kappa shape index (κ1) is 18.0. The van der Waals surface area contributed by atoms with Crippen LogP contribution in [0.4, 0.5) is 11.4 Å². The summed E-state index contributed by atoms with van der Waals surface area (Å²) in [4.78, 5) is 5.22. The molecule has 2 saturated heterocycles. The maximum absolute atomic E-state index is 9.38. The molecular weight excluding hydrogens is 348 g/mol. The van der Waals surface area contributed by atoms with E-state index in [1.165, 1.54) is 47.5 Å². The van der Waals surface area contributed by atoms with Gasteiger partial charge in [-0.3, -0.25) is 0 Å². The molecule has 28 heavy (non-hydrogen) atoms. The Morgan fingerprint density at radius 3 is 2.43 bits per heavy atom. The third-order valence-corrected chi connectivity index (χ3v) is 7.06. The predicted molar refractivity (Wildman–Crippen MR) is 113 cm³/mol. The lowest BCUT2D eigenvalue weighted by atomic mass is 9.78. The second kappa shape index (κ2) is 7.41. The zero-order valence-electron chi connectivity index (χ0n) is 16.4. The van der Waals surface area contributed by atoms with Gasteiger partial charge < -0.3 is 20.0 Å². The molecule has 0 spiro atoms. The molecule has 4 heteroatoms. The van der Waals surface area contributed by atoms with Gasteiger partial charge in [-0.1, -0.05) is 24.3 Å². The van der Waals surface area contributed by atoms with Gasteiger partial charge in [-0.25, -0.2) is 0 Å². The molecule has 2 aromatic carbocycles. The molecule has 5 rings (SSSR count).